The SMILES string of the molecule is CCCPc1nc(N)c2[nH]c(=O)n(Cc3ccc(NCCN(C)C)nc3)c2n1. The van der Waals surface area contributed by atoms with Crippen LogP contribution in [0.2, 0.25) is 0 Å². The van der Waals surface area contributed by atoms with Crippen molar-refractivity contribution < 1.29 is 0 Å². The van der Waals surface area contributed by atoms with Gasteiger partial charge in [-0.05, 0) is 40.5 Å². The lowest BCUT2D eigenvalue weighted by molar-refractivity contribution is 0.425. The second-order valence-electron chi connectivity index (χ2n) is 6.86. The van der Waals surface area contributed by atoms with Crippen LogP contribution in [0.25, 0.3) is 11.2 Å². The smallest absolute Gasteiger partial charge is 0.328 e. The van der Waals surface area contributed by atoms with E-state index in [-0.39, 0.29) is 5.69 Å². The predicted molar refractivity (Wildman–Crippen MR) is 116 cm³/mol. The maximum absolute atomic E-state index is 12.4. The van der Waals surface area contributed by atoms with Crippen molar-refractivity contribution in [1.82, 2.24) is 29.4 Å². The van der Waals surface area contributed by atoms with Crippen LogP contribution in [-0.2, 0) is 6.54 Å². The van der Waals surface area contributed by atoms with Crippen molar-refractivity contribution in [3.63, 3.8) is 0 Å². The van der Waals surface area contributed by atoms with Gasteiger partial charge < -0.3 is 20.9 Å². The number of anilines is 2. The molecule has 0 aliphatic carbocycles. The number of nitrogens with one attached hydrogen (secondary N) is 2. The van der Waals surface area contributed by atoms with Crippen molar-refractivity contribution in [3.05, 3.63) is 34.4 Å². The highest BCUT2D eigenvalue weighted by Crippen LogP contribution is 2.17. The van der Waals surface area contributed by atoms with E-state index in [0.717, 1.165) is 37.1 Å². The summed E-state index contributed by atoms with van der Waals surface area (Å²) in [5.74, 6) is 1.13. The van der Waals surface area contributed by atoms with Crippen molar-refractivity contribution in [3.8, 4) is 0 Å². The molecule has 0 fully saturated rings. The lowest BCUT2D eigenvalue weighted by atomic mass is 10.3. The van der Waals surface area contributed by atoms with E-state index in [0.29, 0.717) is 37.7 Å². The summed E-state index contributed by atoms with van der Waals surface area (Å²) in [7, 11) is 4.54. The zero-order valence-corrected chi connectivity index (χ0v) is 17.5. The summed E-state index contributed by atoms with van der Waals surface area (Å²) in [5, 5.41) is 3.27. The van der Waals surface area contributed by atoms with Gasteiger partial charge in [-0.25, -0.2) is 19.7 Å². The van der Waals surface area contributed by atoms with Crippen molar-refractivity contribution in [2.45, 2.75) is 19.9 Å². The van der Waals surface area contributed by atoms with Crippen LogP contribution < -0.4 is 22.3 Å². The molecular weight excluding hydrogens is 375 g/mol. The van der Waals surface area contributed by atoms with Crippen LogP contribution in [0.3, 0.4) is 0 Å². The summed E-state index contributed by atoms with van der Waals surface area (Å²) in [4.78, 5) is 30.7. The zero-order chi connectivity index (χ0) is 20.1. The summed E-state index contributed by atoms with van der Waals surface area (Å²) < 4.78 is 1.59. The van der Waals surface area contributed by atoms with E-state index in [1.54, 1.807) is 10.8 Å². The molecule has 0 spiro atoms. The molecule has 0 amide bonds. The van der Waals surface area contributed by atoms with Crippen LogP contribution in [-0.4, -0.2) is 62.7 Å². The van der Waals surface area contributed by atoms with Crippen LogP contribution in [0.1, 0.15) is 18.9 Å². The molecule has 3 heterocycles. The highest BCUT2D eigenvalue weighted by Gasteiger charge is 2.14. The molecule has 1 unspecified atom stereocenters. The number of hydrogen-bond acceptors (Lipinski definition) is 7. The Morgan fingerprint density at radius 3 is 2.82 bits per heavy atom. The highest BCUT2D eigenvalue weighted by molar-refractivity contribution is 7.46. The Kier molecular flexibility index (Phi) is 6.59. The minimum absolute atomic E-state index is 0.250. The quantitative estimate of drug-likeness (QED) is 0.454. The molecule has 1 atom stereocenters. The Hall–Kier alpha value is -2.51. The molecule has 150 valence electrons. The number of aromatic nitrogens is 5. The number of rotatable bonds is 9. The van der Waals surface area contributed by atoms with Crippen molar-refractivity contribution in [2.24, 2.45) is 0 Å². The molecule has 0 saturated heterocycles. The first-order chi connectivity index (χ1) is 13.5. The van der Waals surface area contributed by atoms with Crippen LogP contribution in [0, 0.1) is 0 Å². The maximum Gasteiger partial charge on any atom is 0.328 e. The van der Waals surface area contributed by atoms with Crippen LogP contribution in [0.4, 0.5) is 11.6 Å². The van der Waals surface area contributed by atoms with Gasteiger partial charge in [-0.3, -0.25) is 4.57 Å². The summed E-state index contributed by atoms with van der Waals surface area (Å²) in [6.45, 7) is 4.23. The fourth-order valence-corrected chi connectivity index (χ4v) is 3.58. The van der Waals surface area contributed by atoms with Gasteiger partial charge in [0.15, 0.2) is 17.0 Å². The fourth-order valence-electron chi connectivity index (χ4n) is 2.73. The van der Waals surface area contributed by atoms with Gasteiger partial charge in [0.2, 0.25) is 0 Å². The van der Waals surface area contributed by atoms with E-state index >= 15 is 0 Å². The van der Waals surface area contributed by atoms with Gasteiger partial charge in [0.1, 0.15) is 11.3 Å². The largest absolute Gasteiger partial charge is 0.382 e. The number of H-pyrrole nitrogens is 1. The lowest BCUT2D eigenvalue weighted by Crippen LogP contribution is -2.21. The van der Waals surface area contributed by atoms with Crippen LogP contribution in [0.5, 0.6) is 0 Å². The first-order valence-corrected chi connectivity index (χ1v) is 10.5. The number of nitrogens with two attached hydrogens (primary N) is 1. The Balaban J connectivity index is 1.80. The molecule has 0 aromatic carbocycles. The summed E-state index contributed by atoms with van der Waals surface area (Å²) in [6.07, 6.45) is 3.83. The number of nitrogens with zero attached hydrogens (tertiary/aromatic N) is 5. The van der Waals surface area contributed by atoms with Crippen LogP contribution in [0.15, 0.2) is 23.1 Å². The van der Waals surface area contributed by atoms with Gasteiger partial charge in [0.25, 0.3) is 0 Å². The number of likely N-dealkylation sites (N-methyl/N-ethyl adjacent to an activating group) is 1. The first kappa shape index (κ1) is 20.2. The molecule has 3 rings (SSSR count). The number of hydrogen-bond donors (Lipinski definition) is 3. The van der Waals surface area contributed by atoms with Gasteiger partial charge in [-0.1, -0.05) is 19.4 Å². The van der Waals surface area contributed by atoms with E-state index < -0.39 is 0 Å². The molecule has 0 radical (unpaired) electrons. The number of pyridine rings is 1. The molecule has 0 aliphatic heterocycles. The Bertz CT molecular complexity index is 980. The van der Waals surface area contributed by atoms with Crippen molar-refractivity contribution in [2.75, 3.05) is 44.4 Å². The average molecular weight is 402 g/mol. The van der Waals surface area contributed by atoms with E-state index in [9.17, 15) is 4.79 Å². The van der Waals surface area contributed by atoms with E-state index in [4.69, 9.17) is 5.73 Å². The topological polar surface area (TPSA) is 118 Å². The van der Waals surface area contributed by atoms with Gasteiger partial charge in [-0.2, -0.15) is 0 Å². The third-order valence-corrected chi connectivity index (χ3v) is 5.50. The summed E-state index contributed by atoms with van der Waals surface area (Å²) in [5.41, 5.74) is 8.43. The fraction of sp³-hybridized carbons (Fsp3) is 0.444. The maximum atomic E-state index is 12.4. The van der Waals surface area contributed by atoms with Crippen LogP contribution >= 0.6 is 8.58 Å². The number of nitrogen functional groups attached to an aromatic ring is 1. The number of fused-ring (bicyclic) bond motifs is 1. The Morgan fingerprint density at radius 1 is 1.32 bits per heavy atom. The molecule has 0 bridgehead atoms. The third-order valence-electron chi connectivity index (χ3n) is 4.21. The van der Waals surface area contributed by atoms with E-state index in [1.807, 2.05) is 26.2 Å². The average Bonchev–Trinajstić information content (AvgIpc) is 2.97. The van der Waals surface area contributed by atoms with E-state index in [1.165, 1.54) is 0 Å². The molecule has 3 aromatic heterocycles. The molecule has 3 aromatic rings. The minimum atomic E-state index is -0.250. The molecule has 10 heteroatoms. The number of imidazole rings is 1. The molecule has 9 nitrogen and oxygen atoms in total. The predicted octanol–water partition coefficient (Wildman–Crippen LogP) is 0.832. The second-order valence-corrected chi connectivity index (χ2v) is 8.16. The highest BCUT2D eigenvalue weighted by atomic mass is 31.1. The van der Waals surface area contributed by atoms with Crippen molar-refractivity contribution >= 4 is 36.9 Å². The Morgan fingerprint density at radius 2 is 2.14 bits per heavy atom. The van der Waals surface area contributed by atoms with E-state index in [2.05, 4.69) is 37.1 Å². The normalized spacial score (nSPS) is 11.9. The monoisotopic (exact) mass is 402 g/mol. The number of aromatic amines is 1. The minimum Gasteiger partial charge on any atom is -0.382 e. The van der Waals surface area contributed by atoms with Gasteiger partial charge in [0.05, 0.1) is 6.54 Å². The lowest BCUT2D eigenvalue weighted by Gasteiger charge is -2.11. The molecule has 28 heavy (non-hydrogen) atoms. The molecule has 0 aliphatic rings. The van der Waals surface area contributed by atoms with Gasteiger partial charge >= 0.3 is 5.69 Å². The standard InChI is InChI=1S/C18H27N8OP/c1-4-9-28-17-23-15(19)14-16(24-17)26(18(27)22-14)11-12-5-6-13(21-10-12)20-7-8-25(2)3/h5-6,10,28H,4,7-9,11H2,1-3H3,(H,20,21)(H,22,27)(H2,19,23,24). The molecule has 4 N–H and O–H groups in total. The first-order valence-electron chi connectivity index (χ1n) is 9.31. The summed E-state index contributed by atoms with van der Waals surface area (Å²) in [6, 6.07) is 3.88. The molecule has 0 saturated carbocycles. The van der Waals surface area contributed by atoms with Gasteiger partial charge in [0, 0.05) is 19.3 Å². The molecular formula is C18H27N8OP. The Labute approximate surface area is 165 Å². The van der Waals surface area contributed by atoms with Gasteiger partial charge in [-0.15, -0.1) is 0 Å². The van der Waals surface area contributed by atoms with Crippen molar-refractivity contribution in [1.29, 1.82) is 0 Å². The zero-order valence-electron chi connectivity index (χ0n) is 16.5. The third kappa shape index (κ3) is 4.85. The summed E-state index contributed by atoms with van der Waals surface area (Å²) >= 11 is 0. The second kappa shape index (κ2) is 9.12.